The highest BCUT2D eigenvalue weighted by molar-refractivity contribution is 5.85. The molecule has 4 heteroatoms. The molecule has 0 radical (unpaired) electrons. The van der Waals surface area contributed by atoms with Crippen LogP contribution in [-0.4, -0.2) is 34.6 Å². The minimum Gasteiger partial charge on any atom is -0.387 e. The average molecular weight is 399 g/mol. The van der Waals surface area contributed by atoms with Crippen molar-refractivity contribution in [2.24, 2.45) is 0 Å². The molecule has 1 atom stereocenters. The zero-order valence-corrected chi connectivity index (χ0v) is 18.6. The van der Waals surface area contributed by atoms with E-state index < -0.39 is 6.10 Å². The molecule has 3 nitrogen and oxygen atoms in total. The van der Waals surface area contributed by atoms with E-state index in [1.807, 2.05) is 12.1 Å². The summed E-state index contributed by atoms with van der Waals surface area (Å²) in [6, 6.07) is 3.88. The van der Waals surface area contributed by atoms with Crippen molar-refractivity contribution in [3.63, 3.8) is 0 Å². The van der Waals surface area contributed by atoms with Gasteiger partial charge in [0.1, 0.15) is 0 Å². The van der Waals surface area contributed by atoms with Crippen molar-refractivity contribution in [2.45, 2.75) is 97.0 Å². The number of nitrogens with zero attached hydrogens (tertiary/aromatic N) is 2. The van der Waals surface area contributed by atoms with Crippen molar-refractivity contribution in [3.8, 4) is 0 Å². The van der Waals surface area contributed by atoms with Gasteiger partial charge in [-0.1, -0.05) is 84.1 Å². The molecule has 0 aliphatic heterocycles. The zero-order chi connectivity index (χ0) is 18.9. The van der Waals surface area contributed by atoms with E-state index in [1.54, 1.807) is 12.4 Å². The third kappa shape index (κ3) is 14.1. The SMILES string of the molecule is CCCCCCCCN(CCCCCCCC)CC(O)c1cccnc1.Cl. The molecule has 1 N–H and O–H groups in total. The summed E-state index contributed by atoms with van der Waals surface area (Å²) in [6.45, 7) is 7.48. The molecule has 0 saturated heterocycles. The maximum Gasteiger partial charge on any atom is 0.0931 e. The summed E-state index contributed by atoms with van der Waals surface area (Å²) in [6.07, 6.45) is 19.0. The molecule has 1 heterocycles. The van der Waals surface area contributed by atoms with E-state index in [-0.39, 0.29) is 12.4 Å². The van der Waals surface area contributed by atoms with E-state index in [1.165, 1.54) is 77.0 Å². The lowest BCUT2D eigenvalue weighted by Crippen LogP contribution is -2.31. The molecule has 1 aromatic rings. The Labute approximate surface area is 174 Å². The predicted octanol–water partition coefficient (Wildman–Crippen LogP) is 6.56. The van der Waals surface area contributed by atoms with Crippen LogP contribution < -0.4 is 0 Å². The summed E-state index contributed by atoms with van der Waals surface area (Å²) >= 11 is 0. The fourth-order valence-electron chi connectivity index (χ4n) is 3.45. The molecule has 0 aromatic carbocycles. The standard InChI is InChI=1S/C23H42N2O.ClH/c1-3-5-7-9-11-13-18-25(19-14-12-10-8-6-4-2)21-23(26)22-16-15-17-24-20-22;/h15-17,20,23,26H,3-14,18-19,21H2,1-2H3;1H. The lowest BCUT2D eigenvalue weighted by molar-refractivity contribution is 0.110. The second-order valence-corrected chi connectivity index (χ2v) is 7.64. The van der Waals surface area contributed by atoms with Crippen LogP contribution in [0.1, 0.15) is 103 Å². The van der Waals surface area contributed by atoms with Gasteiger partial charge in [-0.15, -0.1) is 12.4 Å². The fraction of sp³-hybridized carbons (Fsp3) is 0.783. The van der Waals surface area contributed by atoms with Gasteiger partial charge in [-0.3, -0.25) is 4.98 Å². The fourth-order valence-corrected chi connectivity index (χ4v) is 3.45. The highest BCUT2D eigenvalue weighted by Gasteiger charge is 2.13. The first-order valence-electron chi connectivity index (χ1n) is 11.1. The first-order valence-corrected chi connectivity index (χ1v) is 11.1. The first kappa shape index (κ1) is 26.4. The minimum absolute atomic E-state index is 0. The monoisotopic (exact) mass is 398 g/mol. The highest BCUT2D eigenvalue weighted by atomic mass is 35.5. The Hall–Kier alpha value is -0.640. The van der Waals surface area contributed by atoms with Crippen LogP contribution in [-0.2, 0) is 0 Å². The number of unbranched alkanes of at least 4 members (excludes halogenated alkanes) is 10. The smallest absolute Gasteiger partial charge is 0.0931 e. The molecule has 1 unspecified atom stereocenters. The lowest BCUT2D eigenvalue weighted by Gasteiger charge is -2.25. The molecule has 27 heavy (non-hydrogen) atoms. The van der Waals surface area contributed by atoms with E-state index in [2.05, 4.69) is 23.7 Å². The summed E-state index contributed by atoms with van der Waals surface area (Å²) in [4.78, 5) is 6.61. The number of aromatic nitrogens is 1. The Kier molecular flexibility index (Phi) is 18.3. The molecule has 0 fully saturated rings. The maximum absolute atomic E-state index is 10.6. The Bertz CT molecular complexity index is 400. The molecule has 158 valence electrons. The van der Waals surface area contributed by atoms with Crippen LogP contribution in [0.2, 0.25) is 0 Å². The molecule has 0 amide bonds. The summed E-state index contributed by atoms with van der Waals surface area (Å²) in [7, 11) is 0. The number of pyridine rings is 1. The van der Waals surface area contributed by atoms with Gasteiger partial charge in [0.2, 0.25) is 0 Å². The van der Waals surface area contributed by atoms with Gasteiger partial charge in [0, 0.05) is 24.5 Å². The minimum atomic E-state index is -0.427. The van der Waals surface area contributed by atoms with E-state index >= 15 is 0 Å². The van der Waals surface area contributed by atoms with E-state index in [4.69, 9.17) is 0 Å². The van der Waals surface area contributed by atoms with Crippen molar-refractivity contribution >= 4 is 12.4 Å². The van der Waals surface area contributed by atoms with Crippen LogP contribution in [0.4, 0.5) is 0 Å². The summed E-state index contributed by atoms with van der Waals surface area (Å²) in [5.41, 5.74) is 0.934. The number of aliphatic hydroxyl groups excluding tert-OH is 1. The van der Waals surface area contributed by atoms with Crippen LogP contribution in [0.3, 0.4) is 0 Å². The van der Waals surface area contributed by atoms with Crippen LogP contribution >= 0.6 is 12.4 Å². The lowest BCUT2D eigenvalue weighted by atomic mass is 10.1. The van der Waals surface area contributed by atoms with Crippen molar-refractivity contribution in [3.05, 3.63) is 30.1 Å². The molecule has 0 bridgehead atoms. The molecule has 0 aliphatic carbocycles. The number of aliphatic hydroxyl groups is 1. The molecular formula is C23H43ClN2O. The number of hydrogen-bond acceptors (Lipinski definition) is 3. The molecular weight excluding hydrogens is 356 g/mol. The van der Waals surface area contributed by atoms with Gasteiger partial charge in [0.05, 0.1) is 6.10 Å². The molecule has 0 spiro atoms. The van der Waals surface area contributed by atoms with Crippen molar-refractivity contribution in [1.82, 2.24) is 9.88 Å². The normalized spacial score (nSPS) is 12.1. The van der Waals surface area contributed by atoms with Crippen LogP contribution in [0.25, 0.3) is 0 Å². The van der Waals surface area contributed by atoms with E-state index in [0.717, 1.165) is 25.2 Å². The van der Waals surface area contributed by atoms with E-state index in [9.17, 15) is 5.11 Å². The third-order valence-electron chi connectivity index (χ3n) is 5.16. The number of hydrogen-bond donors (Lipinski definition) is 1. The van der Waals surface area contributed by atoms with Crippen LogP contribution in [0.5, 0.6) is 0 Å². The first-order chi connectivity index (χ1) is 12.8. The third-order valence-corrected chi connectivity index (χ3v) is 5.16. The maximum atomic E-state index is 10.6. The Balaban J connectivity index is 0.00000676. The van der Waals surface area contributed by atoms with Gasteiger partial charge in [0.15, 0.2) is 0 Å². The van der Waals surface area contributed by atoms with Crippen LogP contribution in [0.15, 0.2) is 24.5 Å². The van der Waals surface area contributed by atoms with Gasteiger partial charge < -0.3 is 10.0 Å². The molecule has 1 rings (SSSR count). The number of halogens is 1. The average Bonchev–Trinajstić information content (AvgIpc) is 2.67. The molecule has 0 saturated carbocycles. The quantitative estimate of drug-likeness (QED) is 0.302. The van der Waals surface area contributed by atoms with Crippen molar-refractivity contribution in [2.75, 3.05) is 19.6 Å². The Morgan fingerprint density at radius 1 is 0.852 bits per heavy atom. The summed E-state index contributed by atoms with van der Waals surface area (Å²) < 4.78 is 0. The van der Waals surface area contributed by atoms with Gasteiger partial charge in [-0.05, 0) is 32.0 Å². The van der Waals surface area contributed by atoms with E-state index in [0.29, 0.717) is 0 Å². The Morgan fingerprint density at radius 3 is 1.85 bits per heavy atom. The van der Waals surface area contributed by atoms with Crippen molar-refractivity contribution < 1.29 is 5.11 Å². The van der Waals surface area contributed by atoms with Gasteiger partial charge in [0.25, 0.3) is 0 Å². The second kappa shape index (κ2) is 18.7. The Morgan fingerprint density at radius 2 is 1.37 bits per heavy atom. The van der Waals surface area contributed by atoms with Crippen LogP contribution in [0, 0.1) is 0 Å². The van der Waals surface area contributed by atoms with Crippen molar-refractivity contribution in [1.29, 1.82) is 0 Å². The zero-order valence-electron chi connectivity index (χ0n) is 17.7. The summed E-state index contributed by atoms with van der Waals surface area (Å²) in [5, 5.41) is 10.6. The largest absolute Gasteiger partial charge is 0.387 e. The predicted molar refractivity (Wildman–Crippen MR) is 120 cm³/mol. The number of rotatable bonds is 17. The summed E-state index contributed by atoms with van der Waals surface area (Å²) in [5.74, 6) is 0. The van der Waals surface area contributed by atoms with Gasteiger partial charge >= 0.3 is 0 Å². The second-order valence-electron chi connectivity index (χ2n) is 7.64. The molecule has 0 aliphatic rings. The highest BCUT2D eigenvalue weighted by Crippen LogP contribution is 2.15. The topological polar surface area (TPSA) is 36.4 Å². The van der Waals surface area contributed by atoms with Gasteiger partial charge in [-0.25, -0.2) is 0 Å². The van der Waals surface area contributed by atoms with Gasteiger partial charge in [-0.2, -0.15) is 0 Å². The molecule has 1 aromatic heterocycles.